The van der Waals surface area contributed by atoms with Gasteiger partial charge in [0.1, 0.15) is 17.1 Å². The predicted octanol–water partition coefficient (Wildman–Crippen LogP) is 5.67. The summed E-state index contributed by atoms with van der Waals surface area (Å²) >= 11 is 6.13. The highest BCUT2D eigenvalue weighted by molar-refractivity contribution is 6.31. The van der Waals surface area contributed by atoms with E-state index in [0.29, 0.717) is 21.7 Å². The van der Waals surface area contributed by atoms with Gasteiger partial charge in [0.05, 0.1) is 12.7 Å². The van der Waals surface area contributed by atoms with Gasteiger partial charge in [0.25, 0.3) is 0 Å². The number of ketones is 1. The molecule has 3 aromatic rings. The smallest absolute Gasteiger partial charge is 0.197 e. The van der Waals surface area contributed by atoms with E-state index in [1.54, 1.807) is 43.5 Å². The SMILES string of the molecule is CCCCc1oc2ccc(Cl)cc2c1C(=O)c1ccc(OC)cc1. The number of aryl methyl sites for hydroxylation is 1. The first kappa shape index (κ1) is 16.6. The van der Waals surface area contributed by atoms with Crippen LogP contribution in [0, 0.1) is 0 Å². The van der Waals surface area contributed by atoms with Crippen molar-refractivity contribution < 1.29 is 13.9 Å². The maximum atomic E-state index is 13.1. The molecule has 3 rings (SSSR count). The standard InChI is InChI=1S/C20H19ClO3/c1-3-4-5-18-19(16-12-14(21)8-11-17(16)24-18)20(22)13-6-9-15(23-2)10-7-13/h6-12H,3-5H2,1-2H3. The van der Waals surface area contributed by atoms with Crippen LogP contribution >= 0.6 is 11.6 Å². The quantitative estimate of drug-likeness (QED) is 0.542. The van der Waals surface area contributed by atoms with Gasteiger partial charge in [0.15, 0.2) is 5.78 Å². The van der Waals surface area contributed by atoms with Crippen LogP contribution in [0.1, 0.15) is 41.4 Å². The number of ether oxygens (including phenoxy) is 1. The zero-order valence-corrected chi connectivity index (χ0v) is 14.5. The van der Waals surface area contributed by atoms with Gasteiger partial charge in [0, 0.05) is 22.4 Å². The van der Waals surface area contributed by atoms with Gasteiger partial charge in [-0.25, -0.2) is 0 Å². The molecule has 0 spiro atoms. The zero-order chi connectivity index (χ0) is 17.1. The second-order valence-electron chi connectivity index (χ2n) is 5.70. The van der Waals surface area contributed by atoms with Gasteiger partial charge in [-0.15, -0.1) is 0 Å². The lowest BCUT2D eigenvalue weighted by Gasteiger charge is -2.04. The second-order valence-corrected chi connectivity index (χ2v) is 6.14. The number of benzene rings is 2. The van der Waals surface area contributed by atoms with Crippen molar-refractivity contribution in [3.63, 3.8) is 0 Å². The minimum atomic E-state index is -0.0511. The topological polar surface area (TPSA) is 39.4 Å². The van der Waals surface area contributed by atoms with Gasteiger partial charge >= 0.3 is 0 Å². The lowest BCUT2D eigenvalue weighted by Crippen LogP contribution is -2.04. The highest BCUT2D eigenvalue weighted by Gasteiger charge is 2.22. The molecular formula is C20H19ClO3. The molecular weight excluding hydrogens is 324 g/mol. The summed E-state index contributed by atoms with van der Waals surface area (Å²) in [5, 5.41) is 1.36. The van der Waals surface area contributed by atoms with Crippen molar-refractivity contribution in [3.8, 4) is 5.75 Å². The number of rotatable bonds is 6. The van der Waals surface area contributed by atoms with Crippen molar-refractivity contribution in [1.82, 2.24) is 0 Å². The van der Waals surface area contributed by atoms with E-state index in [9.17, 15) is 4.79 Å². The molecule has 0 radical (unpaired) electrons. The molecule has 0 bridgehead atoms. The maximum Gasteiger partial charge on any atom is 0.197 e. The third kappa shape index (κ3) is 3.17. The van der Waals surface area contributed by atoms with Crippen LogP contribution in [0.15, 0.2) is 46.9 Å². The largest absolute Gasteiger partial charge is 0.497 e. The molecule has 0 saturated heterocycles. The monoisotopic (exact) mass is 342 g/mol. The van der Waals surface area contributed by atoms with Crippen molar-refractivity contribution in [1.29, 1.82) is 0 Å². The van der Waals surface area contributed by atoms with Crippen LogP contribution in [0.25, 0.3) is 11.0 Å². The van der Waals surface area contributed by atoms with Crippen LogP contribution in [0.2, 0.25) is 5.02 Å². The molecule has 3 nitrogen and oxygen atoms in total. The third-order valence-electron chi connectivity index (χ3n) is 4.06. The number of furan rings is 1. The summed E-state index contributed by atoms with van der Waals surface area (Å²) in [4.78, 5) is 13.1. The maximum absolute atomic E-state index is 13.1. The Morgan fingerprint density at radius 2 is 1.92 bits per heavy atom. The first-order valence-corrected chi connectivity index (χ1v) is 8.41. The molecule has 124 valence electrons. The highest BCUT2D eigenvalue weighted by Crippen LogP contribution is 2.31. The number of hydrogen-bond donors (Lipinski definition) is 0. The average molecular weight is 343 g/mol. The van der Waals surface area contributed by atoms with Crippen molar-refractivity contribution in [2.24, 2.45) is 0 Å². The molecule has 4 heteroatoms. The Morgan fingerprint density at radius 3 is 2.58 bits per heavy atom. The molecule has 0 saturated carbocycles. The van der Waals surface area contributed by atoms with Crippen molar-refractivity contribution >= 4 is 28.4 Å². The Labute approximate surface area is 146 Å². The number of methoxy groups -OCH3 is 1. The number of carbonyl (C=O) groups is 1. The first-order valence-electron chi connectivity index (χ1n) is 8.03. The molecule has 24 heavy (non-hydrogen) atoms. The molecule has 0 unspecified atom stereocenters. The van der Waals surface area contributed by atoms with Gasteiger partial charge in [-0.2, -0.15) is 0 Å². The number of halogens is 1. The number of carbonyl (C=O) groups excluding carboxylic acids is 1. The Hall–Kier alpha value is -2.26. The average Bonchev–Trinajstić information content (AvgIpc) is 2.96. The molecule has 0 aliphatic carbocycles. The van der Waals surface area contributed by atoms with E-state index in [4.69, 9.17) is 20.8 Å². The summed E-state index contributed by atoms with van der Waals surface area (Å²) in [5.41, 5.74) is 1.92. The van der Waals surface area contributed by atoms with E-state index >= 15 is 0 Å². The van der Waals surface area contributed by atoms with Gasteiger partial charge in [-0.3, -0.25) is 4.79 Å². The lowest BCUT2D eigenvalue weighted by atomic mass is 9.98. The van der Waals surface area contributed by atoms with Crippen LogP contribution in [0.5, 0.6) is 5.75 Å². The van der Waals surface area contributed by atoms with E-state index in [1.165, 1.54) is 0 Å². The van der Waals surface area contributed by atoms with Crippen LogP contribution < -0.4 is 4.74 Å². The first-order chi connectivity index (χ1) is 11.6. The molecule has 2 aromatic carbocycles. The van der Waals surface area contributed by atoms with Gasteiger partial charge in [-0.05, 0) is 48.9 Å². The Morgan fingerprint density at radius 1 is 1.17 bits per heavy atom. The van der Waals surface area contributed by atoms with Gasteiger partial charge < -0.3 is 9.15 Å². The Kier molecular flexibility index (Phi) is 4.91. The summed E-state index contributed by atoms with van der Waals surface area (Å²) in [5.74, 6) is 1.40. The predicted molar refractivity (Wildman–Crippen MR) is 96.3 cm³/mol. The minimum absolute atomic E-state index is 0.0511. The van der Waals surface area contributed by atoms with Crippen LogP contribution in [0.3, 0.4) is 0 Å². The fourth-order valence-electron chi connectivity index (χ4n) is 2.77. The third-order valence-corrected chi connectivity index (χ3v) is 4.29. The number of unbranched alkanes of at least 4 members (excludes halogenated alkanes) is 1. The molecule has 0 aliphatic rings. The number of fused-ring (bicyclic) bond motifs is 1. The Balaban J connectivity index is 2.10. The minimum Gasteiger partial charge on any atom is -0.497 e. The summed E-state index contributed by atoms with van der Waals surface area (Å²) < 4.78 is 11.1. The molecule has 0 N–H and O–H groups in total. The van der Waals surface area contributed by atoms with Crippen molar-refractivity contribution in [2.45, 2.75) is 26.2 Å². The van der Waals surface area contributed by atoms with Crippen molar-refractivity contribution in [3.05, 3.63) is 64.4 Å². The Bertz CT molecular complexity index is 862. The lowest BCUT2D eigenvalue weighted by molar-refractivity contribution is 0.103. The van der Waals surface area contributed by atoms with E-state index in [0.717, 1.165) is 36.2 Å². The summed E-state index contributed by atoms with van der Waals surface area (Å²) in [7, 11) is 1.60. The van der Waals surface area contributed by atoms with E-state index in [1.807, 2.05) is 6.07 Å². The molecule has 0 amide bonds. The fraction of sp³-hybridized carbons (Fsp3) is 0.250. The zero-order valence-electron chi connectivity index (χ0n) is 13.8. The van der Waals surface area contributed by atoms with E-state index in [-0.39, 0.29) is 5.78 Å². The molecule has 1 aromatic heterocycles. The van der Waals surface area contributed by atoms with Gasteiger partial charge in [0.2, 0.25) is 0 Å². The number of hydrogen-bond acceptors (Lipinski definition) is 3. The summed E-state index contributed by atoms with van der Waals surface area (Å²) in [6, 6.07) is 12.5. The fourth-order valence-corrected chi connectivity index (χ4v) is 2.94. The second kappa shape index (κ2) is 7.10. The molecule has 0 fully saturated rings. The van der Waals surface area contributed by atoms with Crippen LogP contribution in [-0.4, -0.2) is 12.9 Å². The normalized spacial score (nSPS) is 11.0. The highest BCUT2D eigenvalue weighted by atomic mass is 35.5. The molecule has 1 heterocycles. The van der Waals surface area contributed by atoms with E-state index < -0.39 is 0 Å². The summed E-state index contributed by atoms with van der Waals surface area (Å²) in [6.07, 6.45) is 2.74. The van der Waals surface area contributed by atoms with Crippen molar-refractivity contribution in [2.75, 3.05) is 7.11 Å². The van der Waals surface area contributed by atoms with Gasteiger partial charge in [-0.1, -0.05) is 24.9 Å². The summed E-state index contributed by atoms with van der Waals surface area (Å²) in [6.45, 7) is 2.12. The van der Waals surface area contributed by atoms with Crippen LogP contribution in [0.4, 0.5) is 0 Å². The molecule has 0 aliphatic heterocycles. The van der Waals surface area contributed by atoms with E-state index in [2.05, 4.69) is 6.92 Å². The molecule has 0 atom stereocenters. The van der Waals surface area contributed by atoms with Crippen LogP contribution in [-0.2, 0) is 6.42 Å².